The number of benzene rings is 5. The van der Waals surface area contributed by atoms with Crippen molar-refractivity contribution in [2.45, 2.75) is 72.1 Å². The molecule has 6 aromatic rings. The van der Waals surface area contributed by atoms with Gasteiger partial charge in [-0.2, -0.15) is 0 Å². The summed E-state index contributed by atoms with van der Waals surface area (Å²) in [6.45, 7) is 15.9. The van der Waals surface area contributed by atoms with Crippen LogP contribution in [-0.2, 0) is 10.8 Å². The summed E-state index contributed by atoms with van der Waals surface area (Å²) in [6, 6.07) is 40.0. The number of halogens is 1. The van der Waals surface area contributed by atoms with Crippen molar-refractivity contribution in [1.29, 1.82) is 0 Å². The van der Waals surface area contributed by atoms with Gasteiger partial charge >= 0.3 is 169 Å². The van der Waals surface area contributed by atoms with Crippen molar-refractivity contribution < 1.29 is 21.2 Å². The topological polar surface area (TPSA) is 25.2 Å². The number of thiazole rings is 1. The maximum atomic E-state index is 5.24. The number of para-hydroxylation sites is 2. The molecule has 1 aromatic heterocycles. The minimum atomic E-state index is 0.0565. The van der Waals surface area contributed by atoms with Gasteiger partial charge in [0.2, 0.25) is 0 Å². The molecule has 0 saturated carbocycles. The molecule has 246 valence electrons. The van der Waals surface area contributed by atoms with Crippen LogP contribution in [0.1, 0.15) is 78.0 Å². The van der Waals surface area contributed by atoms with Gasteiger partial charge < -0.3 is 0 Å². The molecule has 1 heterocycles. The predicted molar refractivity (Wildman–Crippen MR) is 205 cm³/mol. The molecule has 4 heteroatoms. The second-order valence-corrected chi connectivity index (χ2v) is 18.7. The van der Waals surface area contributed by atoms with Gasteiger partial charge in [0.25, 0.3) is 0 Å². The number of aliphatic imine (C=N–C) groups is 1. The summed E-state index contributed by atoms with van der Waals surface area (Å²) in [5, 5.41) is 0.988. The minimum absolute atomic E-state index is 0.0565. The predicted octanol–water partition coefficient (Wildman–Crippen LogP) is 9.70. The van der Waals surface area contributed by atoms with Crippen molar-refractivity contribution in [2.24, 2.45) is 4.99 Å². The van der Waals surface area contributed by atoms with Crippen LogP contribution >= 0.6 is 11.3 Å². The molecule has 0 aliphatic carbocycles. The second kappa shape index (κ2) is 14.5. The Balaban J connectivity index is 1.29. The number of aromatic nitrogens is 1. The summed E-state index contributed by atoms with van der Waals surface area (Å²) >= 11 is 1.86. The van der Waals surface area contributed by atoms with Gasteiger partial charge in [-0.15, -0.1) is 0 Å². The third-order valence-electron chi connectivity index (χ3n) is 8.70. The van der Waals surface area contributed by atoms with Crippen LogP contribution in [-0.4, -0.2) is 15.6 Å². The first-order valence-corrected chi connectivity index (χ1v) is 20.4. The third-order valence-corrected chi connectivity index (χ3v) is 12.7. The van der Waals surface area contributed by atoms with Crippen LogP contribution in [0.4, 0.5) is 5.69 Å². The standard InChI is InChI=1S/C44H46IN2S/c1-8-9-25-45-36-23-21-32(22-24-36)31-17-19-33(20-18-31)37-14-12-16-40-41(37)47-42(48-40)38-13-10-11-15-39(38)46-29-30-26-34(43(2,3)4)28-35(27-30)44(5,6)7/h10-24,26-29H,8-9,25H2,1-7H3/q-1. The zero-order valence-corrected chi connectivity index (χ0v) is 32.2. The van der Waals surface area contributed by atoms with Gasteiger partial charge in [0.1, 0.15) is 0 Å². The molecule has 2 nitrogen and oxygen atoms in total. The van der Waals surface area contributed by atoms with E-state index in [9.17, 15) is 0 Å². The van der Waals surface area contributed by atoms with Gasteiger partial charge in [0.15, 0.2) is 0 Å². The fourth-order valence-electron chi connectivity index (χ4n) is 5.68. The maximum absolute atomic E-state index is 5.24. The Kier molecular flexibility index (Phi) is 10.3. The van der Waals surface area contributed by atoms with Crippen molar-refractivity contribution in [3.8, 4) is 32.8 Å². The van der Waals surface area contributed by atoms with Crippen molar-refractivity contribution in [1.82, 2.24) is 4.98 Å². The fourth-order valence-corrected chi connectivity index (χ4v) is 9.35. The SMILES string of the molecule is CCCC[I-]c1ccc(-c2ccc(-c3cccc4sc(-c5ccccc5N=Cc5cc(C(C)(C)C)cc(C(C)(C)C)c5)nc34)cc2)cc1. The average Bonchev–Trinajstić information content (AvgIpc) is 3.52. The number of hydrogen-bond donors (Lipinski definition) is 0. The fraction of sp³-hybridized carbons (Fsp3) is 0.273. The number of alkyl halides is 1. The first-order valence-electron chi connectivity index (χ1n) is 17.0. The summed E-state index contributed by atoms with van der Waals surface area (Å²) in [6.07, 6.45) is 4.65. The van der Waals surface area contributed by atoms with Gasteiger partial charge in [-0.25, -0.2) is 0 Å². The summed E-state index contributed by atoms with van der Waals surface area (Å²) in [5.41, 5.74) is 11.8. The van der Waals surface area contributed by atoms with E-state index in [1.54, 1.807) is 11.3 Å². The Morgan fingerprint density at radius 1 is 0.688 bits per heavy atom. The van der Waals surface area contributed by atoms with Crippen LogP contribution in [0.5, 0.6) is 0 Å². The molecule has 0 N–H and O–H groups in total. The number of fused-ring (bicyclic) bond motifs is 1. The first-order chi connectivity index (χ1) is 23.0. The van der Waals surface area contributed by atoms with E-state index >= 15 is 0 Å². The van der Waals surface area contributed by atoms with E-state index in [0.29, 0.717) is 0 Å². The molecule has 48 heavy (non-hydrogen) atoms. The molecule has 0 radical (unpaired) electrons. The molecular formula is C44H46IN2S-. The van der Waals surface area contributed by atoms with Gasteiger partial charge in [-0.3, -0.25) is 4.99 Å². The van der Waals surface area contributed by atoms with Crippen LogP contribution in [0.15, 0.2) is 114 Å². The summed E-state index contributed by atoms with van der Waals surface area (Å²) < 4.78 is 4.08. The van der Waals surface area contributed by atoms with Crippen molar-refractivity contribution >= 4 is 33.5 Å². The van der Waals surface area contributed by atoms with E-state index in [1.807, 2.05) is 6.21 Å². The van der Waals surface area contributed by atoms with Crippen LogP contribution in [0.25, 0.3) is 43.0 Å². The molecule has 0 unspecified atom stereocenters. The van der Waals surface area contributed by atoms with E-state index in [0.717, 1.165) is 32.9 Å². The zero-order chi connectivity index (χ0) is 33.9. The Morgan fingerprint density at radius 3 is 1.94 bits per heavy atom. The summed E-state index contributed by atoms with van der Waals surface area (Å²) in [5.74, 6) is 0. The second-order valence-electron chi connectivity index (χ2n) is 14.6. The number of hydrogen-bond acceptors (Lipinski definition) is 3. The van der Waals surface area contributed by atoms with E-state index in [-0.39, 0.29) is 32.0 Å². The number of unbranched alkanes of at least 4 members (excludes halogenated alkanes) is 1. The molecule has 0 saturated heterocycles. The van der Waals surface area contributed by atoms with E-state index in [4.69, 9.17) is 9.98 Å². The Labute approximate surface area is 301 Å². The van der Waals surface area contributed by atoms with Crippen molar-refractivity contribution in [2.75, 3.05) is 4.43 Å². The van der Waals surface area contributed by atoms with Crippen LogP contribution in [0.2, 0.25) is 0 Å². The molecular weight excluding hydrogens is 715 g/mol. The first kappa shape index (κ1) is 34.3. The van der Waals surface area contributed by atoms with E-state index < -0.39 is 0 Å². The monoisotopic (exact) mass is 761 g/mol. The quantitative estimate of drug-likeness (QED) is 0.0624. The molecule has 0 bridgehead atoms. The summed E-state index contributed by atoms with van der Waals surface area (Å²) in [7, 11) is 0. The van der Waals surface area contributed by atoms with Gasteiger partial charge in [0.05, 0.1) is 5.69 Å². The van der Waals surface area contributed by atoms with E-state index in [1.165, 1.54) is 53.4 Å². The number of rotatable bonds is 9. The Hall–Kier alpha value is -3.61. The number of nitrogens with zero attached hydrogens (tertiary/aromatic N) is 2. The van der Waals surface area contributed by atoms with Crippen molar-refractivity contribution in [3.05, 3.63) is 129 Å². The third kappa shape index (κ3) is 7.98. The Bertz CT molecular complexity index is 2010. The average molecular weight is 762 g/mol. The van der Waals surface area contributed by atoms with Crippen molar-refractivity contribution in [3.63, 3.8) is 0 Å². The van der Waals surface area contributed by atoms with E-state index in [2.05, 4.69) is 158 Å². The van der Waals surface area contributed by atoms with Crippen LogP contribution in [0.3, 0.4) is 0 Å². The molecule has 0 aliphatic rings. The molecule has 0 spiro atoms. The molecule has 6 rings (SSSR count). The molecule has 0 aliphatic heterocycles. The van der Waals surface area contributed by atoms with Crippen LogP contribution in [0, 0.1) is 3.57 Å². The van der Waals surface area contributed by atoms with Gasteiger partial charge in [-0.05, 0) is 51.8 Å². The molecule has 5 aromatic carbocycles. The summed E-state index contributed by atoms with van der Waals surface area (Å²) in [4.78, 5) is 10.3. The zero-order valence-electron chi connectivity index (χ0n) is 29.3. The molecule has 0 atom stereocenters. The Morgan fingerprint density at radius 2 is 1.29 bits per heavy atom. The van der Waals surface area contributed by atoms with Gasteiger partial charge in [0, 0.05) is 11.8 Å². The normalized spacial score (nSPS) is 12.4. The molecule has 0 fully saturated rings. The van der Waals surface area contributed by atoms with Gasteiger partial charge in [-0.1, -0.05) is 59.7 Å². The molecule has 0 amide bonds. The van der Waals surface area contributed by atoms with Crippen LogP contribution < -0.4 is 21.2 Å².